The van der Waals surface area contributed by atoms with E-state index in [2.05, 4.69) is 22.0 Å². The maximum Gasteiger partial charge on any atom is 0.318 e. The lowest BCUT2D eigenvalue weighted by atomic mass is 10.0. The van der Waals surface area contributed by atoms with Crippen LogP contribution in [0.15, 0.2) is 28.7 Å². The van der Waals surface area contributed by atoms with Crippen LogP contribution in [0.4, 0.5) is 11.7 Å². The number of nitrogens with two attached hydrogens (primary N) is 1. The largest absolute Gasteiger partial charge is 0.408 e. The van der Waals surface area contributed by atoms with Gasteiger partial charge in [-0.05, 0) is 37.0 Å². The maximum absolute atomic E-state index is 5.80. The van der Waals surface area contributed by atoms with Gasteiger partial charge in [0.2, 0.25) is 5.89 Å². The van der Waals surface area contributed by atoms with Gasteiger partial charge >= 0.3 is 6.01 Å². The van der Waals surface area contributed by atoms with Crippen LogP contribution in [0.5, 0.6) is 0 Å². The van der Waals surface area contributed by atoms with Crippen molar-refractivity contribution in [3.8, 4) is 0 Å². The smallest absolute Gasteiger partial charge is 0.318 e. The van der Waals surface area contributed by atoms with Gasteiger partial charge in [0.1, 0.15) is 0 Å². The van der Waals surface area contributed by atoms with Crippen molar-refractivity contribution in [3.05, 3.63) is 35.7 Å². The highest BCUT2D eigenvalue weighted by molar-refractivity contribution is 5.39. The lowest BCUT2D eigenvalue weighted by Crippen LogP contribution is -2.17. The molecular weight excluding hydrogens is 252 g/mol. The fraction of sp³-hybridized carbons (Fsp3) is 0.467. The summed E-state index contributed by atoms with van der Waals surface area (Å²) in [5, 5.41) is 8.36. The molecule has 1 saturated heterocycles. The van der Waals surface area contributed by atoms with Crippen LogP contribution in [0.1, 0.15) is 37.1 Å². The van der Waals surface area contributed by atoms with Crippen molar-refractivity contribution < 1.29 is 4.42 Å². The summed E-state index contributed by atoms with van der Waals surface area (Å²) in [5.41, 5.74) is 7.71. The van der Waals surface area contributed by atoms with E-state index in [0.29, 0.717) is 11.9 Å². The van der Waals surface area contributed by atoms with Gasteiger partial charge in [-0.3, -0.25) is 0 Å². The molecule has 1 aromatic heterocycles. The lowest BCUT2D eigenvalue weighted by Gasteiger charge is -2.11. The van der Waals surface area contributed by atoms with Gasteiger partial charge in [-0.1, -0.05) is 24.2 Å². The van der Waals surface area contributed by atoms with Crippen molar-refractivity contribution in [2.24, 2.45) is 0 Å². The molecule has 2 heterocycles. The third-order valence-electron chi connectivity index (χ3n) is 3.75. The minimum absolute atomic E-state index is 0.211. The first kappa shape index (κ1) is 13.0. The molecule has 1 fully saturated rings. The Balaban J connectivity index is 1.67. The van der Waals surface area contributed by atoms with E-state index in [9.17, 15) is 0 Å². The Morgan fingerprint density at radius 1 is 1.20 bits per heavy atom. The highest BCUT2D eigenvalue weighted by Gasteiger charge is 2.20. The first-order valence-corrected chi connectivity index (χ1v) is 7.15. The van der Waals surface area contributed by atoms with E-state index >= 15 is 0 Å². The molecule has 1 aliphatic rings. The summed E-state index contributed by atoms with van der Waals surface area (Å²) in [6.07, 6.45) is 3.29. The summed E-state index contributed by atoms with van der Waals surface area (Å²) in [7, 11) is 0. The molecule has 0 radical (unpaired) electrons. The summed E-state index contributed by atoms with van der Waals surface area (Å²) in [6.45, 7) is 4.15. The van der Waals surface area contributed by atoms with Crippen molar-refractivity contribution in [2.45, 2.75) is 32.1 Å². The van der Waals surface area contributed by atoms with Crippen LogP contribution in [0.25, 0.3) is 0 Å². The third-order valence-corrected chi connectivity index (χ3v) is 3.75. The Morgan fingerprint density at radius 3 is 2.60 bits per heavy atom. The molecule has 1 aromatic carbocycles. The van der Waals surface area contributed by atoms with Crippen molar-refractivity contribution in [1.29, 1.82) is 0 Å². The van der Waals surface area contributed by atoms with E-state index in [4.69, 9.17) is 10.2 Å². The number of nitrogen functional groups attached to an aromatic ring is 1. The quantitative estimate of drug-likeness (QED) is 0.866. The molecule has 0 amide bonds. The summed E-state index contributed by atoms with van der Waals surface area (Å²) >= 11 is 0. The predicted molar refractivity (Wildman–Crippen MR) is 78.7 cm³/mol. The average Bonchev–Trinajstić information content (AvgIpc) is 3.11. The number of aromatic nitrogens is 2. The molecule has 5 heteroatoms. The molecule has 2 aromatic rings. The van der Waals surface area contributed by atoms with Crippen molar-refractivity contribution in [2.75, 3.05) is 23.7 Å². The number of anilines is 2. The van der Waals surface area contributed by atoms with Crippen LogP contribution in [-0.2, 0) is 6.42 Å². The Kier molecular flexibility index (Phi) is 3.58. The fourth-order valence-electron chi connectivity index (χ4n) is 2.56. The van der Waals surface area contributed by atoms with E-state index in [1.54, 1.807) is 0 Å². The fourth-order valence-corrected chi connectivity index (χ4v) is 2.56. The zero-order chi connectivity index (χ0) is 13.9. The summed E-state index contributed by atoms with van der Waals surface area (Å²) in [5.74, 6) is 0.922. The minimum atomic E-state index is 0.211. The van der Waals surface area contributed by atoms with E-state index in [1.807, 2.05) is 24.3 Å². The second kappa shape index (κ2) is 5.53. The van der Waals surface area contributed by atoms with Crippen LogP contribution in [0, 0.1) is 0 Å². The van der Waals surface area contributed by atoms with Gasteiger partial charge in [0.25, 0.3) is 0 Å². The predicted octanol–water partition coefficient (Wildman–Crippen LogP) is 2.60. The van der Waals surface area contributed by atoms with Gasteiger partial charge in [0.15, 0.2) is 0 Å². The molecule has 1 aliphatic heterocycles. The molecule has 106 valence electrons. The monoisotopic (exact) mass is 272 g/mol. The molecule has 2 N–H and O–H groups in total. The first-order valence-electron chi connectivity index (χ1n) is 7.15. The van der Waals surface area contributed by atoms with Crippen LogP contribution >= 0.6 is 0 Å². The summed E-state index contributed by atoms with van der Waals surface area (Å²) in [4.78, 5) is 2.16. The number of benzene rings is 1. The van der Waals surface area contributed by atoms with Gasteiger partial charge in [-0.2, -0.15) is 0 Å². The molecule has 0 bridgehead atoms. The van der Waals surface area contributed by atoms with Crippen LogP contribution in [0.2, 0.25) is 0 Å². The van der Waals surface area contributed by atoms with Gasteiger partial charge in [-0.25, -0.2) is 0 Å². The normalized spacial score (nSPS) is 16.6. The number of rotatable bonds is 4. The van der Waals surface area contributed by atoms with Gasteiger partial charge in [0.05, 0.1) is 0 Å². The Hall–Kier alpha value is -2.04. The molecule has 20 heavy (non-hydrogen) atoms. The Labute approximate surface area is 118 Å². The number of nitrogens with zero attached hydrogens (tertiary/aromatic N) is 3. The molecule has 0 aliphatic carbocycles. The van der Waals surface area contributed by atoms with E-state index < -0.39 is 0 Å². The van der Waals surface area contributed by atoms with Crippen molar-refractivity contribution >= 4 is 11.7 Å². The molecule has 1 unspecified atom stereocenters. The molecular formula is C15H20N4O. The summed E-state index contributed by atoms with van der Waals surface area (Å²) in [6, 6.07) is 8.60. The van der Waals surface area contributed by atoms with E-state index in [1.165, 1.54) is 18.4 Å². The topological polar surface area (TPSA) is 68.2 Å². The molecule has 3 rings (SSSR count). The Morgan fingerprint density at radius 2 is 1.90 bits per heavy atom. The third kappa shape index (κ3) is 2.76. The number of hydrogen-bond acceptors (Lipinski definition) is 5. The van der Waals surface area contributed by atoms with Crippen LogP contribution in [-0.4, -0.2) is 23.3 Å². The van der Waals surface area contributed by atoms with Crippen molar-refractivity contribution in [1.82, 2.24) is 10.2 Å². The zero-order valence-electron chi connectivity index (χ0n) is 11.7. The molecule has 0 saturated carbocycles. The molecule has 5 nitrogen and oxygen atoms in total. The van der Waals surface area contributed by atoms with Gasteiger partial charge in [0, 0.05) is 24.7 Å². The zero-order valence-corrected chi connectivity index (χ0v) is 11.7. The van der Waals surface area contributed by atoms with Crippen LogP contribution in [0.3, 0.4) is 0 Å². The molecule has 1 atom stereocenters. The second-order valence-electron chi connectivity index (χ2n) is 5.46. The second-order valence-corrected chi connectivity index (χ2v) is 5.46. The first-order chi connectivity index (χ1) is 9.72. The molecule has 0 spiro atoms. The maximum atomic E-state index is 5.80. The number of hydrogen-bond donors (Lipinski definition) is 1. The van der Waals surface area contributed by atoms with Gasteiger partial charge < -0.3 is 15.1 Å². The SMILES string of the molecule is CC(Cc1ccc(N)cc1)c1nnc(N2CCCC2)o1. The highest BCUT2D eigenvalue weighted by Crippen LogP contribution is 2.24. The van der Waals surface area contributed by atoms with Crippen molar-refractivity contribution in [3.63, 3.8) is 0 Å². The highest BCUT2D eigenvalue weighted by atomic mass is 16.4. The standard InChI is InChI=1S/C15H20N4O/c1-11(10-12-4-6-13(16)7-5-12)14-17-18-15(20-14)19-8-2-3-9-19/h4-7,11H,2-3,8-10,16H2,1H3. The summed E-state index contributed by atoms with van der Waals surface area (Å²) < 4.78 is 5.80. The Bertz CT molecular complexity index is 558. The van der Waals surface area contributed by atoms with E-state index in [-0.39, 0.29) is 5.92 Å². The van der Waals surface area contributed by atoms with Crippen LogP contribution < -0.4 is 10.6 Å². The van der Waals surface area contributed by atoms with E-state index in [0.717, 1.165) is 25.2 Å². The van der Waals surface area contributed by atoms with Gasteiger partial charge in [-0.15, -0.1) is 5.10 Å². The minimum Gasteiger partial charge on any atom is -0.408 e. The average molecular weight is 272 g/mol. The lowest BCUT2D eigenvalue weighted by molar-refractivity contribution is 0.455.